The first kappa shape index (κ1) is 15.2. The van der Waals surface area contributed by atoms with Crippen molar-refractivity contribution in [1.29, 1.82) is 0 Å². The summed E-state index contributed by atoms with van der Waals surface area (Å²) in [6, 6.07) is 0. The second-order valence-electron chi connectivity index (χ2n) is 1.72. The Morgan fingerprint density at radius 3 is 2.33 bits per heavy atom. The Morgan fingerprint density at radius 1 is 1.67 bits per heavy atom. The van der Waals surface area contributed by atoms with Crippen molar-refractivity contribution in [2.75, 3.05) is 0 Å². The predicted octanol–water partition coefficient (Wildman–Crippen LogP) is -0.699. The molecule has 0 aromatic rings. The van der Waals surface area contributed by atoms with Crippen molar-refractivity contribution in [3.8, 4) is 0 Å². The SMILES string of the molecule is C=CC(=O)OC(C)S(=O)(=O)O.[KH]. The third-order valence-corrected chi connectivity index (χ3v) is 1.80. The summed E-state index contributed by atoms with van der Waals surface area (Å²) < 4.78 is 32.9. The monoisotopic (exact) mass is 220 g/mol. The van der Waals surface area contributed by atoms with Crippen molar-refractivity contribution < 1.29 is 22.5 Å². The van der Waals surface area contributed by atoms with Gasteiger partial charge in [-0.1, -0.05) is 6.58 Å². The van der Waals surface area contributed by atoms with Gasteiger partial charge in [0.2, 0.25) is 5.44 Å². The van der Waals surface area contributed by atoms with Crippen LogP contribution in [0.5, 0.6) is 0 Å². The molecule has 7 heteroatoms. The molecule has 0 bridgehead atoms. The zero-order chi connectivity index (χ0) is 9.07. The van der Waals surface area contributed by atoms with Gasteiger partial charge in [-0.25, -0.2) is 4.79 Å². The first-order valence-corrected chi connectivity index (χ1v) is 4.17. The molecule has 1 atom stereocenters. The quantitative estimate of drug-likeness (QED) is 0.294. The standard InChI is InChI=1S/C5H8O5S.K.H/c1-3-5(6)10-4(2)11(7,8)9;;/h3-4H,1H2,2H3,(H,7,8,9);;. The average Bonchev–Trinajstić information content (AvgIpc) is 1.85. The van der Waals surface area contributed by atoms with Crippen molar-refractivity contribution in [2.45, 2.75) is 12.4 Å². The van der Waals surface area contributed by atoms with Gasteiger partial charge >= 0.3 is 67.5 Å². The minimum absolute atomic E-state index is 0. The number of carbonyl (C=O) groups is 1. The maximum absolute atomic E-state index is 10.4. The molecule has 0 aromatic carbocycles. The average molecular weight is 220 g/mol. The fourth-order valence-electron chi connectivity index (χ4n) is 0.272. The Bertz CT molecular complexity index is 257. The molecule has 0 saturated carbocycles. The van der Waals surface area contributed by atoms with Crippen LogP contribution in [-0.4, -0.2) is 75.8 Å². The molecule has 0 aliphatic heterocycles. The molecule has 0 heterocycles. The first-order chi connectivity index (χ1) is 4.88. The Labute approximate surface area is 113 Å². The summed E-state index contributed by atoms with van der Waals surface area (Å²) in [5.41, 5.74) is -1.55. The van der Waals surface area contributed by atoms with Crippen LogP contribution in [0.4, 0.5) is 0 Å². The van der Waals surface area contributed by atoms with E-state index in [1.807, 2.05) is 0 Å². The van der Waals surface area contributed by atoms with Gasteiger partial charge in [0.15, 0.2) is 0 Å². The van der Waals surface area contributed by atoms with Gasteiger partial charge in [0, 0.05) is 6.08 Å². The van der Waals surface area contributed by atoms with Gasteiger partial charge in [0.25, 0.3) is 0 Å². The van der Waals surface area contributed by atoms with Gasteiger partial charge in [-0.15, -0.1) is 0 Å². The molecular weight excluding hydrogens is 211 g/mol. The van der Waals surface area contributed by atoms with Gasteiger partial charge in [-0.05, 0) is 6.92 Å². The molecule has 0 amide bonds. The number of rotatable bonds is 3. The fourth-order valence-corrected chi connectivity index (χ4v) is 0.489. The zero-order valence-electron chi connectivity index (χ0n) is 5.85. The van der Waals surface area contributed by atoms with Crippen LogP contribution in [0.2, 0.25) is 0 Å². The zero-order valence-corrected chi connectivity index (χ0v) is 6.67. The second-order valence-corrected chi connectivity index (χ2v) is 3.42. The molecule has 1 unspecified atom stereocenters. The van der Waals surface area contributed by atoms with Crippen LogP contribution >= 0.6 is 0 Å². The van der Waals surface area contributed by atoms with E-state index in [2.05, 4.69) is 11.3 Å². The van der Waals surface area contributed by atoms with Gasteiger partial charge in [0.05, 0.1) is 0 Å². The first-order valence-electron chi connectivity index (χ1n) is 2.67. The third-order valence-electron chi connectivity index (χ3n) is 0.868. The Morgan fingerprint density at radius 2 is 2.08 bits per heavy atom. The fraction of sp³-hybridized carbons (Fsp3) is 0.400. The number of esters is 1. The molecule has 12 heavy (non-hydrogen) atoms. The molecule has 0 rings (SSSR count). The molecule has 0 spiro atoms. The Balaban J connectivity index is 0. The predicted molar refractivity (Wildman–Crippen MR) is 44.4 cm³/mol. The van der Waals surface area contributed by atoms with Gasteiger partial charge in [-0.3, -0.25) is 4.55 Å². The van der Waals surface area contributed by atoms with E-state index in [0.29, 0.717) is 0 Å². The summed E-state index contributed by atoms with van der Waals surface area (Å²) in [6.45, 7) is 4.08. The van der Waals surface area contributed by atoms with Crippen LogP contribution in [0.1, 0.15) is 6.92 Å². The summed E-state index contributed by atoms with van der Waals surface area (Å²) in [4.78, 5) is 10.4. The van der Waals surface area contributed by atoms with Crippen LogP contribution in [0.15, 0.2) is 12.7 Å². The molecule has 0 aliphatic carbocycles. The van der Waals surface area contributed by atoms with Crippen LogP contribution in [0.3, 0.4) is 0 Å². The van der Waals surface area contributed by atoms with E-state index in [0.717, 1.165) is 13.0 Å². The van der Waals surface area contributed by atoms with E-state index in [9.17, 15) is 13.2 Å². The van der Waals surface area contributed by atoms with Crippen molar-refractivity contribution in [2.24, 2.45) is 0 Å². The van der Waals surface area contributed by atoms with Gasteiger partial charge in [-0.2, -0.15) is 8.42 Å². The van der Waals surface area contributed by atoms with E-state index in [1.165, 1.54) is 0 Å². The Hall–Kier alpha value is 0.756. The summed E-state index contributed by atoms with van der Waals surface area (Å²) in [5, 5.41) is 0. The van der Waals surface area contributed by atoms with Crippen molar-refractivity contribution >= 4 is 67.5 Å². The summed E-state index contributed by atoms with van der Waals surface area (Å²) >= 11 is 0. The van der Waals surface area contributed by atoms with Crippen molar-refractivity contribution in [1.82, 2.24) is 0 Å². The second kappa shape index (κ2) is 6.25. The summed E-state index contributed by atoms with van der Waals surface area (Å²) in [7, 11) is -4.30. The van der Waals surface area contributed by atoms with E-state index < -0.39 is 21.5 Å². The van der Waals surface area contributed by atoms with Crippen LogP contribution in [-0.2, 0) is 19.6 Å². The number of ether oxygens (including phenoxy) is 1. The van der Waals surface area contributed by atoms with Gasteiger partial charge in [0.1, 0.15) is 0 Å². The summed E-state index contributed by atoms with van der Waals surface area (Å²) in [5.74, 6) is -0.893. The molecule has 1 N–H and O–H groups in total. The normalized spacial score (nSPS) is 12.5. The number of hydrogen-bond donors (Lipinski definition) is 1. The molecule has 5 nitrogen and oxygen atoms in total. The minimum atomic E-state index is -4.30. The van der Waals surface area contributed by atoms with E-state index in [4.69, 9.17) is 4.55 Å². The third kappa shape index (κ3) is 6.29. The topological polar surface area (TPSA) is 80.7 Å². The molecule has 0 aromatic heterocycles. The molecular formula is C5H9KO5S. The van der Waals surface area contributed by atoms with Crippen LogP contribution < -0.4 is 0 Å². The van der Waals surface area contributed by atoms with E-state index in [1.54, 1.807) is 0 Å². The molecule has 0 radical (unpaired) electrons. The number of carbonyl (C=O) groups excluding carboxylic acids is 1. The maximum atomic E-state index is 10.4. The molecule has 0 fully saturated rings. The van der Waals surface area contributed by atoms with Crippen molar-refractivity contribution in [3.05, 3.63) is 12.7 Å². The molecule has 0 saturated heterocycles. The van der Waals surface area contributed by atoms with Crippen molar-refractivity contribution in [3.63, 3.8) is 0 Å². The summed E-state index contributed by atoms with van der Waals surface area (Å²) in [6.07, 6.45) is 0.807. The molecule has 0 aliphatic rings. The Kier molecular flexibility index (Phi) is 7.93. The van der Waals surface area contributed by atoms with E-state index >= 15 is 0 Å². The molecule has 66 valence electrons. The van der Waals surface area contributed by atoms with E-state index in [-0.39, 0.29) is 51.4 Å². The van der Waals surface area contributed by atoms with Crippen LogP contribution in [0.25, 0.3) is 0 Å². The van der Waals surface area contributed by atoms with Gasteiger partial charge < -0.3 is 4.74 Å². The number of hydrogen-bond acceptors (Lipinski definition) is 4. The van der Waals surface area contributed by atoms with Crippen LogP contribution in [0, 0.1) is 0 Å².